The Bertz CT molecular complexity index is 454. The minimum absolute atomic E-state index is 0.327. The molecule has 0 aliphatic heterocycles. The van der Waals surface area contributed by atoms with Crippen molar-refractivity contribution < 1.29 is 4.74 Å². The van der Waals surface area contributed by atoms with Gasteiger partial charge in [-0.2, -0.15) is 0 Å². The lowest BCUT2D eigenvalue weighted by Gasteiger charge is -2.31. The molecule has 0 amide bonds. The normalized spacial score (nSPS) is 18.8. The number of aryl methyl sites for hydroxylation is 1. The lowest BCUT2D eigenvalue weighted by molar-refractivity contribution is -0.0625. The van der Waals surface area contributed by atoms with E-state index in [1.807, 2.05) is 13.8 Å². The van der Waals surface area contributed by atoms with E-state index >= 15 is 0 Å². The van der Waals surface area contributed by atoms with Gasteiger partial charge >= 0.3 is 0 Å². The van der Waals surface area contributed by atoms with E-state index in [2.05, 4.69) is 11.9 Å². The van der Waals surface area contributed by atoms with Crippen LogP contribution in [0.5, 0.6) is 0 Å². The lowest BCUT2D eigenvalue weighted by Crippen LogP contribution is -2.32. The number of hydrogen-bond acceptors (Lipinski definition) is 3. The van der Waals surface area contributed by atoms with Crippen LogP contribution in [0.4, 0.5) is 0 Å². The van der Waals surface area contributed by atoms with Gasteiger partial charge in [0.25, 0.3) is 0 Å². The summed E-state index contributed by atoms with van der Waals surface area (Å²) in [6, 6.07) is 0. The Morgan fingerprint density at radius 2 is 1.75 bits per heavy atom. The maximum atomic E-state index is 6.31. The molecular weight excluding hydrogens is 272 g/mol. The molecule has 1 heterocycles. The van der Waals surface area contributed by atoms with Gasteiger partial charge in [-0.05, 0) is 33.1 Å². The Hall–Kier alpha value is -0.670. The third-order valence-corrected chi connectivity index (χ3v) is 4.63. The summed E-state index contributed by atoms with van der Waals surface area (Å²) in [5.41, 5.74) is 1.72. The number of hydrogen-bond donors (Lipinski definition) is 0. The molecule has 1 aliphatic rings. The van der Waals surface area contributed by atoms with Crippen molar-refractivity contribution in [2.75, 3.05) is 6.61 Å². The molecule has 0 aromatic carbocycles. The van der Waals surface area contributed by atoms with Crippen molar-refractivity contribution in [3.05, 3.63) is 22.2 Å². The first-order valence-electron chi connectivity index (χ1n) is 7.80. The van der Waals surface area contributed by atoms with Gasteiger partial charge in [0, 0.05) is 17.9 Å². The minimum atomic E-state index is -0.327. The first kappa shape index (κ1) is 15.7. The number of nitrogens with zero attached hydrogens (tertiary/aromatic N) is 2. The van der Waals surface area contributed by atoms with Crippen molar-refractivity contribution >= 4 is 11.6 Å². The second-order valence-corrected chi connectivity index (χ2v) is 5.96. The zero-order valence-electron chi connectivity index (χ0n) is 12.8. The van der Waals surface area contributed by atoms with Crippen molar-refractivity contribution in [1.82, 2.24) is 9.97 Å². The summed E-state index contributed by atoms with van der Waals surface area (Å²) in [6.07, 6.45) is 7.78. The van der Waals surface area contributed by atoms with Crippen LogP contribution >= 0.6 is 11.6 Å². The van der Waals surface area contributed by atoms with Gasteiger partial charge in [-0.15, -0.1) is 0 Å². The third-order valence-electron chi connectivity index (χ3n) is 4.26. The second-order valence-electron chi connectivity index (χ2n) is 5.60. The molecule has 0 atom stereocenters. The Morgan fingerprint density at radius 1 is 1.10 bits per heavy atom. The molecule has 1 aromatic rings. The molecule has 2 rings (SSSR count). The molecule has 1 fully saturated rings. The van der Waals surface area contributed by atoms with E-state index < -0.39 is 0 Å². The second kappa shape index (κ2) is 6.86. The van der Waals surface area contributed by atoms with Gasteiger partial charge in [-0.3, -0.25) is 0 Å². The molecule has 0 unspecified atom stereocenters. The predicted molar refractivity (Wildman–Crippen MR) is 82.2 cm³/mol. The zero-order chi connectivity index (χ0) is 14.6. The van der Waals surface area contributed by atoms with Gasteiger partial charge in [0.1, 0.15) is 10.8 Å². The van der Waals surface area contributed by atoms with Gasteiger partial charge in [0.05, 0.1) is 0 Å². The Morgan fingerprint density at radius 3 is 2.30 bits per heavy atom. The highest BCUT2D eigenvalue weighted by molar-refractivity contribution is 6.30. The molecule has 0 radical (unpaired) electrons. The quantitative estimate of drug-likeness (QED) is 0.602. The van der Waals surface area contributed by atoms with E-state index in [-0.39, 0.29) is 5.60 Å². The molecule has 4 heteroatoms. The molecule has 0 spiro atoms. The van der Waals surface area contributed by atoms with Crippen molar-refractivity contribution in [3.63, 3.8) is 0 Å². The highest BCUT2D eigenvalue weighted by Crippen LogP contribution is 2.38. The van der Waals surface area contributed by atoms with Crippen molar-refractivity contribution in [1.29, 1.82) is 0 Å². The van der Waals surface area contributed by atoms with Crippen LogP contribution in [-0.4, -0.2) is 16.6 Å². The van der Waals surface area contributed by atoms with Crippen molar-refractivity contribution in [2.24, 2.45) is 0 Å². The largest absolute Gasteiger partial charge is 0.367 e. The molecular formula is C16H25ClN2O. The summed E-state index contributed by atoms with van der Waals surface area (Å²) < 4.78 is 6.15. The standard InChI is InChI=1S/C16H25ClN2O/c1-4-13-12(3)14(17)19-15(18-13)16(20-5-2)10-8-6-7-9-11-16/h4-11H2,1-3H3. The Balaban J connectivity index is 2.45. The zero-order valence-corrected chi connectivity index (χ0v) is 13.6. The topological polar surface area (TPSA) is 35.0 Å². The average molecular weight is 297 g/mol. The van der Waals surface area contributed by atoms with Crippen LogP contribution in [0.3, 0.4) is 0 Å². The molecule has 0 bridgehead atoms. The van der Waals surface area contributed by atoms with Crippen LogP contribution in [-0.2, 0) is 16.8 Å². The maximum Gasteiger partial charge on any atom is 0.162 e. The Labute approximate surface area is 127 Å². The fourth-order valence-electron chi connectivity index (χ4n) is 3.09. The lowest BCUT2D eigenvalue weighted by atomic mass is 9.92. The number of halogens is 1. The summed E-state index contributed by atoms with van der Waals surface area (Å²) in [6.45, 7) is 6.83. The molecule has 0 saturated heterocycles. The van der Waals surface area contributed by atoms with Crippen LogP contribution in [0.1, 0.15) is 69.5 Å². The molecule has 20 heavy (non-hydrogen) atoms. The van der Waals surface area contributed by atoms with Crippen LogP contribution in [0.2, 0.25) is 5.15 Å². The van der Waals surface area contributed by atoms with Crippen molar-refractivity contribution in [3.8, 4) is 0 Å². The van der Waals surface area contributed by atoms with Gasteiger partial charge in [-0.1, -0.05) is 44.2 Å². The highest BCUT2D eigenvalue weighted by atomic mass is 35.5. The van der Waals surface area contributed by atoms with Crippen LogP contribution in [0.15, 0.2) is 0 Å². The summed E-state index contributed by atoms with van der Waals surface area (Å²) >= 11 is 6.31. The molecule has 3 nitrogen and oxygen atoms in total. The number of aromatic nitrogens is 2. The predicted octanol–water partition coefficient (Wildman–Crippen LogP) is 4.59. The van der Waals surface area contributed by atoms with E-state index in [0.717, 1.165) is 36.3 Å². The van der Waals surface area contributed by atoms with E-state index in [1.165, 1.54) is 25.7 Å². The average Bonchev–Trinajstić information content (AvgIpc) is 2.68. The first-order valence-corrected chi connectivity index (χ1v) is 8.18. The highest BCUT2D eigenvalue weighted by Gasteiger charge is 2.37. The first-order chi connectivity index (χ1) is 9.63. The summed E-state index contributed by atoms with van der Waals surface area (Å²) in [5, 5.41) is 0.579. The summed E-state index contributed by atoms with van der Waals surface area (Å²) in [7, 11) is 0. The van der Waals surface area contributed by atoms with Crippen LogP contribution in [0.25, 0.3) is 0 Å². The fraction of sp³-hybridized carbons (Fsp3) is 0.750. The molecule has 0 N–H and O–H groups in total. The van der Waals surface area contributed by atoms with E-state index in [4.69, 9.17) is 21.3 Å². The fourth-order valence-corrected chi connectivity index (χ4v) is 3.28. The van der Waals surface area contributed by atoms with Gasteiger partial charge in [0.15, 0.2) is 5.82 Å². The molecule has 112 valence electrons. The van der Waals surface area contributed by atoms with E-state index in [0.29, 0.717) is 11.8 Å². The Kier molecular flexibility index (Phi) is 5.39. The minimum Gasteiger partial charge on any atom is -0.367 e. The van der Waals surface area contributed by atoms with Crippen LogP contribution in [0, 0.1) is 6.92 Å². The maximum absolute atomic E-state index is 6.31. The molecule has 1 aliphatic carbocycles. The van der Waals surface area contributed by atoms with Crippen molar-refractivity contribution in [2.45, 2.75) is 71.3 Å². The smallest absolute Gasteiger partial charge is 0.162 e. The van der Waals surface area contributed by atoms with E-state index in [9.17, 15) is 0 Å². The van der Waals surface area contributed by atoms with Gasteiger partial charge < -0.3 is 4.74 Å². The summed E-state index contributed by atoms with van der Waals surface area (Å²) in [4.78, 5) is 9.35. The number of rotatable bonds is 4. The molecule has 1 saturated carbocycles. The molecule has 1 aromatic heterocycles. The van der Waals surface area contributed by atoms with E-state index in [1.54, 1.807) is 0 Å². The summed E-state index contributed by atoms with van der Waals surface area (Å²) in [5.74, 6) is 0.800. The van der Waals surface area contributed by atoms with Gasteiger partial charge in [0.2, 0.25) is 0 Å². The number of ether oxygens (including phenoxy) is 1. The van der Waals surface area contributed by atoms with Crippen LogP contribution < -0.4 is 0 Å². The third kappa shape index (κ3) is 3.15. The SMILES string of the molecule is CCOC1(c2nc(Cl)c(C)c(CC)n2)CCCCCC1. The van der Waals surface area contributed by atoms with Gasteiger partial charge in [-0.25, -0.2) is 9.97 Å². The monoisotopic (exact) mass is 296 g/mol.